The summed E-state index contributed by atoms with van der Waals surface area (Å²) >= 11 is 11.8. The fourth-order valence-electron chi connectivity index (χ4n) is 1.12. The second kappa shape index (κ2) is 3.98. The molecule has 72 valence electrons. The lowest BCUT2D eigenvalue weighted by atomic mass is 10.1. The summed E-state index contributed by atoms with van der Waals surface area (Å²) < 4.78 is 4.62. The van der Waals surface area contributed by atoms with Crippen LogP contribution in [0.25, 0.3) is 0 Å². The lowest BCUT2D eigenvalue weighted by Crippen LogP contribution is -1.91. The fraction of sp³-hybridized carbons (Fsp3) is 0.111. The molecular weight excluding hydrogens is 223 g/mol. The van der Waals surface area contributed by atoms with Crippen molar-refractivity contribution in [1.29, 1.82) is 0 Å². The molecule has 0 fully saturated rings. The molecule has 0 amide bonds. The normalized spacial score (nSPS) is 10.4. The van der Waals surface area contributed by atoms with Crippen LogP contribution in [0, 0.1) is 0 Å². The van der Waals surface area contributed by atoms with E-state index in [2.05, 4.69) is 14.7 Å². The first kappa shape index (κ1) is 9.49. The van der Waals surface area contributed by atoms with Crippen LogP contribution in [-0.2, 0) is 6.42 Å². The van der Waals surface area contributed by atoms with Crippen molar-refractivity contribution in [2.45, 2.75) is 6.42 Å². The first-order chi connectivity index (χ1) is 6.75. The third-order valence-corrected chi connectivity index (χ3v) is 2.37. The third-order valence-electron chi connectivity index (χ3n) is 1.76. The number of aromatic nitrogens is 2. The van der Waals surface area contributed by atoms with Gasteiger partial charge in [0.05, 0.1) is 0 Å². The molecule has 0 N–H and O–H groups in total. The molecule has 0 unspecified atom stereocenters. The topological polar surface area (TPSA) is 38.9 Å². The number of rotatable bonds is 2. The Morgan fingerprint density at radius 3 is 2.86 bits per heavy atom. The molecule has 0 aliphatic carbocycles. The van der Waals surface area contributed by atoms with Crippen LogP contribution in [0.2, 0.25) is 10.0 Å². The molecule has 1 heterocycles. The van der Waals surface area contributed by atoms with Gasteiger partial charge in [-0.1, -0.05) is 28.4 Å². The minimum Gasteiger partial charge on any atom is -0.343 e. The van der Waals surface area contributed by atoms with Crippen LogP contribution in [0.1, 0.15) is 11.4 Å². The molecular formula is C9H6Cl2N2O. The first-order valence-corrected chi connectivity index (χ1v) is 4.70. The lowest BCUT2D eigenvalue weighted by Gasteiger charge is -2.00. The molecule has 0 radical (unpaired) electrons. The molecule has 0 saturated carbocycles. The Morgan fingerprint density at radius 1 is 1.29 bits per heavy atom. The van der Waals surface area contributed by atoms with Crippen LogP contribution >= 0.6 is 23.2 Å². The summed E-state index contributed by atoms with van der Waals surface area (Å²) in [6.45, 7) is 0. The highest BCUT2D eigenvalue weighted by molar-refractivity contribution is 6.33. The number of hydrogen-bond donors (Lipinski definition) is 0. The molecule has 1 aromatic carbocycles. The maximum Gasteiger partial charge on any atom is 0.213 e. The quantitative estimate of drug-likeness (QED) is 0.794. The van der Waals surface area contributed by atoms with Gasteiger partial charge in [0.2, 0.25) is 6.39 Å². The van der Waals surface area contributed by atoms with Crippen LogP contribution in [0.3, 0.4) is 0 Å². The average Bonchev–Trinajstić information content (AvgIpc) is 2.64. The molecule has 2 aromatic rings. The van der Waals surface area contributed by atoms with Gasteiger partial charge in [-0.15, -0.1) is 0 Å². The van der Waals surface area contributed by atoms with Crippen molar-refractivity contribution in [1.82, 2.24) is 10.1 Å². The standard InChI is InChI=1S/C9H6Cl2N2O/c10-7-1-2-8(11)6(3-7)4-9-12-5-14-13-9/h1-3,5H,4H2. The van der Waals surface area contributed by atoms with Gasteiger partial charge in [0.1, 0.15) is 0 Å². The highest BCUT2D eigenvalue weighted by Crippen LogP contribution is 2.22. The molecule has 0 spiro atoms. The van der Waals surface area contributed by atoms with E-state index in [-0.39, 0.29) is 0 Å². The molecule has 0 bridgehead atoms. The fourth-order valence-corrected chi connectivity index (χ4v) is 1.50. The molecule has 1 aromatic heterocycles. The van der Waals surface area contributed by atoms with E-state index < -0.39 is 0 Å². The van der Waals surface area contributed by atoms with E-state index in [1.165, 1.54) is 6.39 Å². The van der Waals surface area contributed by atoms with Crippen molar-refractivity contribution in [3.63, 3.8) is 0 Å². The lowest BCUT2D eigenvalue weighted by molar-refractivity contribution is 0.411. The minimum absolute atomic E-state index is 0.524. The highest BCUT2D eigenvalue weighted by Gasteiger charge is 2.05. The van der Waals surface area contributed by atoms with E-state index in [9.17, 15) is 0 Å². The van der Waals surface area contributed by atoms with Crippen LogP contribution in [-0.4, -0.2) is 10.1 Å². The zero-order chi connectivity index (χ0) is 9.97. The van der Waals surface area contributed by atoms with Crippen molar-refractivity contribution >= 4 is 23.2 Å². The summed E-state index contributed by atoms with van der Waals surface area (Å²) in [6, 6.07) is 5.28. The first-order valence-electron chi connectivity index (χ1n) is 3.95. The van der Waals surface area contributed by atoms with Crippen LogP contribution < -0.4 is 0 Å². The van der Waals surface area contributed by atoms with Crippen molar-refractivity contribution in [2.24, 2.45) is 0 Å². The maximum atomic E-state index is 5.97. The van der Waals surface area contributed by atoms with Crippen molar-refractivity contribution in [2.75, 3.05) is 0 Å². The molecule has 0 aliphatic rings. The Bertz CT molecular complexity index is 428. The van der Waals surface area contributed by atoms with E-state index in [0.29, 0.717) is 22.3 Å². The predicted molar refractivity (Wildman–Crippen MR) is 53.6 cm³/mol. The van der Waals surface area contributed by atoms with Crippen LogP contribution in [0.5, 0.6) is 0 Å². The molecule has 2 rings (SSSR count). The highest BCUT2D eigenvalue weighted by atomic mass is 35.5. The molecule has 0 saturated heterocycles. The van der Waals surface area contributed by atoms with Crippen molar-refractivity contribution < 1.29 is 4.52 Å². The van der Waals surface area contributed by atoms with Gasteiger partial charge >= 0.3 is 0 Å². The van der Waals surface area contributed by atoms with Gasteiger partial charge in [-0.25, -0.2) is 0 Å². The largest absolute Gasteiger partial charge is 0.343 e. The van der Waals surface area contributed by atoms with Gasteiger partial charge in [-0.05, 0) is 23.8 Å². The summed E-state index contributed by atoms with van der Waals surface area (Å²) in [5.74, 6) is 0.592. The van der Waals surface area contributed by atoms with E-state index in [1.54, 1.807) is 18.2 Å². The Balaban J connectivity index is 2.28. The van der Waals surface area contributed by atoms with Gasteiger partial charge < -0.3 is 4.52 Å². The van der Waals surface area contributed by atoms with Crippen LogP contribution in [0.15, 0.2) is 29.1 Å². The Kier molecular flexibility index (Phi) is 2.70. The SMILES string of the molecule is Clc1ccc(Cl)c(Cc2ncon2)c1. The molecule has 5 heteroatoms. The van der Waals surface area contributed by atoms with Gasteiger partial charge in [0.15, 0.2) is 5.82 Å². The predicted octanol–water partition coefficient (Wildman–Crippen LogP) is 2.97. The third kappa shape index (κ3) is 2.05. The summed E-state index contributed by atoms with van der Waals surface area (Å²) in [7, 11) is 0. The molecule has 3 nitrogen and oxygen atoms in total. The number of halogens is 2. The van der Waals surface area contributed by atoms with Gasteiger partial charge in [-0.3, -0.25) is 0 Å². The summed E-state index contributed by atoms with van der Waals surface area (Å²) in [5, 5.41) is 4.99. The Morgan fingerprint density at radius 2 is 2.14 bits per heavy atom. The Hall–Kier alpha value is -1.06. The summed E-state index contributed by atoms with van der Waals surface area (Å²) in [4.78, 5) is 3.90. The molecule has 0 aliphatic heterocycles. The smallest absolute Gasteiger partial charge is 0.213 e. The number of benzene rings is 1. The molecule has 0 atom stereocenters. The maximum absolute atomic E-state index is 5.97. The molecule has 14 heavy (non-hydrogen) atoms. The minimum atomic E-state index is 0.524. The monoisotopic (exact) mass is 228 g/mol. The summed E-state index contributed by atoms with van der Waals surface area (Å²) in [6.07, 6.45) is 1.81. The average molecular weight is 229 g/mol. The van der Waals surface area contributed by atoms with E-state index >= 15 is 0 Å². The van der Waals surface area contributed by atoms with Crippen molar-refractivity contribution in [3.8, 4) is 0 Å². The van der Waals surface area contributed by atoms with E-state index in [0.717, 1.165) is 5.56 Å². The second-order valence-electron chi connectivity index (χ2n) is 2.76. The van der Waals surface area contributed by atoms with Gasteiger partial charge in [0.25, 0.3) is 0 Å². The Labute approximate surface area is 90.6 Å². The summed E-state index contributed by atoms with van der Waals surface area (Å²) in [5.41, 5.74) is 0.889. The van der Waals surface area contributed by atoms with E-state index in [1.807, 2.05) is 0 Å². The number of hydrogen-bond acceptors (Lipinski definition) is 3. The van der Waals surface area contributed by atoms with Crippen LogP contribution in [0.4, 0.5) is 0 Å². The van der Waals surface area contributed by atoms with Gasteiger partial charge in [-0.2, -0.15) is 4.98 Å². The van der Waals surface area contributed by atoms with Crippen molar-refractivity contribution in [3.05, 3.63) is 46.0 Å². The second-order valence-corrected chi connectivity index (χ2v) is 3.60. The zero-order valence-corrected chi connectivity index (χ0v) is 8.59. The number of nitrogens with zero attached hydrogens (tertiary/aromatic N) is 2. The zero-order valence-electron chi connectivity index (χ0n) is 7.08. The van der Waals surface area contributed by atoms with E-state index in [4.69, 9.17) is 23.2 Å². The van der Waals surface area contributed by atoms with Gasteiger partial charge in [0, 0.05) is 16.5 Å².